The van der Waals surface area contributed by atoms with Gasteiger partial charge in [-0.15, -0.1) is 0 Å². The van der Waals surface area contributed by atoms with Gasteiger partial charge in [0.25, 0.3) is 5.56 Å². The molecule has 0 aliphatic heterocycles. The summed E-state index contributed by atoms with van der Waals surface area (Å²) >= 11 is 0. The Labute approximate surface area is 128 Å². The summed E-state index contributed by atoms with van der Waals surface area (Å²) in [6.45, 7) is 0.500. The molecule has 0 radical (unpaired) electrons. The zero-order chi connectivity index (χ0) is 15.5. The molecule has 1 aliphatic rings. The number of nitrogens with zero attached hydrogens (tertiary/aromatic N) is 3. The summed E-state index contributed by atoms with van der Waals surface area (Å²) in [5.41, 5.74) is 2.73. The zero-order valence-corrected chi connectivity index (χ0v) is 12.5. The van der Waals surface area contributed by atoms with E-state index in [1.165, 1.54) is 4.68 Å². The Balaban J connectivity index is 1.65. The molecular weight excluding hydrogens is 280 g/mol. The van der Waals surface area contributed by atoms with E-state index in [2.05, 4.69) is 15.4 Å². The molecule has 1 amide bonds. The van der Waals surface area contributed by atoms with Crippen molar-refractivity contribution in [1.82, 2.24) is 20.1 Å². The standard InChI is InChI=1S/C16H18N4O2/c1-20-15(21)9-13-8-12(2-3-14(13)19-20)16(22)18-10-11-4-6-17-7-5-11/h4-7,9,12H,2-3,8,10H2,1H3,(H,18,22). The van der Waals surface area contributed by atoms with Gasteiger partial charge < -0.3 is 5.32 Å². The molecule has 0 aromatic carbocycles. The van der Waals surface area contributed by atoms with E-state index in [4.69, 9.17) is 0 Å². The van der Waals surface area contributed by atoms with Gasteiger partial charge in [0.15, 0.2) is 0 Å². The van der Waals surface area contributed by atoms with Gasteiger partial charge in [-0.2, -0.15) is 5.10 Å². The number of hydrogen-bond donors (Lipinski definition) is 1. The Bertz CT molecular complexity index is 740. The molecule has 22 heavy (non-hydrogen) atoms. The fourth-order valence-electron chi connectivity index (χ4n) is 2.74. The highest BCUT2D eigenvalue weighted by molar-refractivity contribution is 5.79. The van der Waals surface area contributed by atoms with Crippen molar-refractivity contribution < 1.29 is 4.79 Å². The first-order valence-corrected chi connectivity index (χ1v) is 7.36. The smallest absolute Gasteiger partial charge is 0.266 e. The Morgan fingerprint density at radius 2 is 2.18 bits per heavy atom. The van der Waals surface area contributed by atoms with Crippen molar-refractivity contribution in [3.8, 4) is 0 Å². The van der Waals surface area contributed by atoms with Crippen LogP contribution in [0.2, 0.25) is 0 Å². The van der Waals surface area contributed by atoms with Gasteiger partial charge in [-0.1, -0.05) is 0 Å². The van der Waals surface area contributed by atoms with Gasteiger partial charge in [-0.25, -0.2) is 4.68 Å². The lowest BCUT2D eigenvalue weighted by atomic mass is 9.86. The molecule has 0 saturated heterocycles. The number of carbonyl (C=O) groups excluding carboxylic acids is 1. The number of fused-ring (bicyclic) bond motifs is 1. The van der Waals surface area contributed by atoms with Crippen molar-refractivity contribution in [1.29, 1.82) is 0 Å². The molecule has 1 N–H and O–H groups in total. The summed E-state index contributed by atoms with van der Waals surface area (Å²) < 4.78 is 1.35. The minimum atomic E-state index is -0.128. The average molecular weight is 298 g/mol. The lowest BCUT2D eigenvalue weighted by Crippen LogP contribution is -2.35. The van der Waals surface area contributed by atoms with Gasteiger partial charge in [0, 0.05) is 38.0 Å². The van der Waals surface area contributed by atoms with Gasteiger partial charge in [0.2, 0.25) is 5.91 Å². The van der Waals surface area contributed by atoms with E-state index in [0.717, 1.165) is 29.7 Å². The fourth-order valence-corrected chi connectivity index (χ4v) is 2.74. The van der Waals surface area contributed by atoms with Gasteiger partial charge >= 0.3 is 0 Å². The normalized spacial score (nSPS) is 16.9. The molecule has 1 unspecified atom stereocenters. The number of rotatable bonds is 3. The summed E-state index contributed by atoms with van der Waals surface area (Å²) in [4.78, 5) is 27.9. The molecule has 6 heteroatoms. The minimum absolute atomic E-state index is 0.0307. The van der Waals surface area contributed by atoms with Crippen LogP contribution in [0.25, 0.3) is 0 Å². The maximum atomic E-state index is 12.3. The van der Waals surface area contributed by atoms with E-state index in [9.17, 15) is 9.59 Å². The van der Waals surface area contributed by atoms with Crippen LogP contribution in [0.15, 0.2) is 35.4 Å². The molecule has 2 heterocycles. The van der Waals surface area contributed by atoms with Crippen LogP contribution in [0, 0.1) is 5.92 Å². The topological polar surface area (TPSA) is 76.9 Å². The molecule has 0 saturated carbocycles. The van der Waals surface area contributed by atoms with Crippen LogP contribution in [0.1, 0.15) is 23.2 Å². The summed E-state index contributed by atoms with van der Waals surface area (Å²) in [5, 5.41) is 7.22. The third-order valence-electron chi connectivity index (χ3n) is 4.04. The molecule has 6 nitrogen and oxygen atoms in total. The predicted molar refractivity (Wildman–Crippen MR) is 81.1 cm³/mol. The third kappa shape index (κ3) is 3.05. The van der Waals surface area contributed by atoms with E-state index < -0.39 is 0 Å². The highest BCUT2D eigenvalue weighted by atomic mass is 16.2. The average Bonchev–Trinajstić information content (AvgIpc) is 2.54. The Morgan fingerprint density at radius 3 is 2.95 bits per heavy atom. The second-order valence-electron chi connectivity index (χ2n) is 5.59. The maximum Gasteiger partial charge on any atom is 0.266 e. The van der Waals surface area contributed by atoms with Crippen LogP contribution in [0.4, 0.5) is 0 Å². The number of aryl methyl sites for hydroxylation is 2. The van der Waals surface area contributed by atoms with Crippen LogP contribution in [-0.2, 0) is 31.2 Å². The number of hydrogen-bond acceptors (Lipinski definition) is 4. The quantitative estimate of drug-likeness (QED) is 0.900. The first kappa shape index (κ1) is 14.4. The second kappa shape index (κ2) is 6.09. The van der Waals surface area contributed by atoms with Crippen LogP contribution < -0.4 is 10.9 Å². The summed E-state index contributed by atoms with van der Waals surface area (Å²) in [6, 6.07) is 5.36. The Morgan fingerprint density at radius 1 is 1.41 bits per heavy atom. The Hall–Kier alpha value is -2.50. The molecule has 1 atom stereocenters. The molecular formula is C16H18N4O2. The predicted octanol–water partition coefficient (Wildman–Crippen LogP) is 0.597. The number of aromatic nitrogens is 3. The molecule has 2 aromatic heterocycles. The fraction of sp³-hybridized carbons (Fsp3) is 0.375. The Kier molecular flexibility index (Phi) is 4.00. The van der Waals surface area contributed by atoms with Crippen LogP contribution in [0.5, 0.6) is 0 Å². The van der Waals surface area contributed by atoms with Crippen molar-refractivity contribution in [3.63, 3.8) is 0 Å². The highest BCUT2D eigenvalue weighted by Gasteiger charge is 2.26. The summed E-state index contributed by atoms with van der Waals surface area (Å²) in [5.74, 6) is -0.0635. The largest absolute Gasteiger partial charge is 0.352 e. The number of pyridine rings is 1. The van der Waals surface area contributed by atoms with E-state index in [-0.39, 0.29) is 17.4 Å². The van der Waals surface area contributed by atoms with Gasteiger partial charge in [-0.3, -0.25) is 14.6 Å². The minimum Gasteiger partial charge on any atom is -0.352 e. The molecule has 3 rings (SSSR count). The number of amides is 1. The van der Waals surface area contributed by atoms with Crippen molar-refractivity contribution >= 4 is 5.91 Å². The molecule has 1 aliphatic carbocycles. The van der Waals surface area contributed by atoms with E-state index in [1.807, 2.05) is 12.1 Å². The molecule has 2 aromatic rings. The molecule has 0 bridgehead atoms. The molecule has 114 valence electrons. The van der Waals surface area contributed by atoms with Gasteiger partial charge in [0.05, 0.1) is 5.69 Å². The van der Waals surface area contributed by atoms with Crippen molar-refractivity contribution in [2.45, 2.75) is 25.8 Å². The van der Waals surface area contributed by atoms with Crippen molar-refractivity contribution in [3.05, 3.63) is 57.8 Å². The van der Waals surface area contributed by atoms with E-state index >= 15 is 0 Å². The number of carbonyl (C=O) groups is 1. The lowest BCUT2D eigenvalue weighted by molar-refractivity contribution is -0.125. The van der Waals surface area contributed by atoms with Crippen LogP contribution in [0.3, 0.4) is 0 Å². The summed E-state index contributed by atoms with van der Waals surface area (Å²) in [6.07, 6.45) is 5.50. The number of nitrogens with one attached hydrogen (secondary N) is 1. The molecule has 0 fully saturated rings. The molecule has 0 spiro atoms. The first-order valence-electron chi connectivity index (χ1n) is 7.36. The van der Waals surface area contributed by atoms with Crippen molar-refractivity contribution in [2.75, 3.05) is 0 Å². The van der Waals surface area contributed by atoms with Gasteiger partial charge in [0.1, 0.15) is 0 Å². The monoisotopic (exact) mass is 298 g/mol. The van der Waals surface area contributed by atoms with E-state index in [1.54, 1.807) is 25.5 Å². The first-order chi connectivity index (χ1) is 10.6. The SMILES string of the molecule is Cn1nc2c(cc1=O)CC(C(=O)NCc1ccncc1)CC2. The second-order valence-corrected chi connectivity index (χ2v) is 5.59. The third-order valence-corrected chi connectivity index (χ3v) is 4.04. The van der Waals surface area contributed by atoms with Gasteiger partial charge in [-0.05, 0) is 42.5 Å². The van der Waals surface area contributed by atoms with E-state index in [0.29, 0.717) is 13.0 Å². The maximum absolute atomic E-state index is 12.3. The zero-order valence-electron chi connectivity index (χ0n) is 12.5. The summed E-state index contributed by atoms with van der Waals surface area (Å²) in [7, 11) is 1.65. The highest BCUT2D eigenvalue weighted by Crippen LogP contribution is 2.23. The van der Waals surface area contributed by atoms with Crippen molar-refractivity contribution in [2.24, 2.45) is 13.0 Å². The lowest BCUT2D eigenvalue weighted by Gasteiger charge is -2.23. The van der Waals surface area contributed by atoms with Crippen LogP contribution in [-0.4, -0.2) is 20.7 Å². The van der Waals surface area contributed by atoms with Crippen LogP contribution >= 0.6 is 0 Å².